The van der Waals surface area contributed by atoms with E-state index >= 15 is 0 Å². The molecule has 1 heterocycles. The molecule has 1 fully saturated rings. The van der Waals surface area contributed by atoms with E-state index < -0.39 is 0 Å². The number of amides is 3. The predicted octanol–water partition coefficient (Wildman–Crippen LogP) is 2.70. The Morgan fingerprint density at radius 1 is 1.04 bits per heavy atom. The lowest BCUT2D eigenvalue weighted by molar-refractivity contribution is 0.0766. The molecule has 0 atom stereocenters. The van der Waals surface area contributed by atoms with Gasteiger partial charge in [0.1, 0.15) is 6.61 Å². The lowest BCUT2D eigenvalue weighted by atomic mass is 9.97. The van der Waals surface area contributed by atoms with Crippen LogP contribution in [-0.4, -0.2) is 54.6 Å². The fraction of sp³-hybridized carbons (Fsp3) is 0.556. The maximum atomic E-state index is 12.1. The summed E-state index contributed by atoms with van der Waals surface area (Å²) in [5, 5.41) is 2.94. The number of piperazine rings is 1. The van der Waals surface area contributed by atoms with E-state index in [0.717, 1.165) is 5.56 Å². The summed E-state index contributed by atoms with van der Waals surface area (Å²) < 4.78 is 5.32. The van der Waals surface area contributed by atoms with Crippen LogP contribution in [0.2, 0.25) is 0 Å². The first-order chi connectivity index (χ1) is 11.3. The molecule has 1 aliphatic heterocycles. The molecule has 1 N–H and O–H groups in total. The van der Waals surface area contributed by atoms with Gasteiger partial charge in [0.25, 0.3) is 0 Å². The highest BCUT2D eigenvalue weighted by Gasteiger charge is 2.25. The van der Waals surface area contributed by atoms with Gasteiger partial charge in [-0.05, 0) is 11.0 Å². The summed E-state index contributed by atoms with van der Waals surface area (Å²) in [6.07, 6.45) is -0.325. The Bertz CT molecular complexity index is 546. The fourth-order valence-electron chi connectivity index (χ4n) is 2.36. The fourth-order valence-corrected chi connectivity index (χ4v) is 2.36. The molecule has 3 amide bonds. The largest absolute Gasteiger partial charge is 0.445 e. The van der Waals surface area contributed by atoms with Gasteiger partial charge >= 0.3 is 12.1 Å². The summed E-state index contributed by atoms with van der Waals surface area (Å²) in [5.41, 5.74) is 1.02. The molecule has 0 radical (unpaired) electrons. The average molecular weight is 333 g/mol. The van der Waals surface area contributed by atoms with Crippen molar-refractivity contribution in [1.82, 2.24) is 15.1 Å². The predicted molar refractivity (Wildman–Crippen MR) is 92.6 cm³/mol. The second-order valence-corrected chi connectivity index (χ2v) is 7.23. The van der Waals surface area contributed by atoms with Gasteiger partial charge in [0.05, 0.1) is 0 Å². The van der Waals surface area contributed by atoms with Crippen molar-refractivity contribution in [2.45, 2.75) is 27.4 Å². The van der Waals surface area contributed by atoms with Crippen molar-refractivity contribution in [2.24, 2.45) is 5.41 Å². The third-order valence-corrected chi connectivity index (χ3v) is 3.80. The maximum absolute atomic E-state index is 12.1. The van der Waals surface area contributed by atoms with E-state index in [9.17, 15) is 9.59 Å². The summed E-state index contributed by atoms with van der Waals surface area (Å²) in [7, 11) is 0. The second kappa shape index (κ2) is 8.04. The van der Waals surface area contributed by atoms with Gasteiger partial charge < -0.3 is 19.9 Å². The number of benzene rings is 1. The molecule has 0 spiro atoms. The zero-order valence-electron chi connectivity index (χ0n) is 14.7. The number of ether oxygens (including phenoxy) is 1. The summed E-state index contributed by atoms with van der Waals surface area (Å²) in [6.45, 7) is 9.17. The van der Waals surface area contributed by atoms with E-state index in [1.807, 2.05) is 30.3 Å². The minimum atomic E-state index is -0.325. The minimum Gasteiger partial charge on any atom is -0.445 e. The summed E-state index contributed by atoms with van der Waals surface area (Å²) in [5.74, 6) is 0. The number of carbonyl (C=O) groups excluding carboxylic acids is 2. The van der Waals surface area contributed by atoms with Crippen LogP contribution in [0.1, 0.15) is 26.3 Å². The molecule has 1 aromatic carbocycles. The third-order valence-electron chi connectivity index (χ3n) is 3.80. The molecule has 1 aromatic rings. The van der Waals surface area contributed by atoms with Crippen molar-refractivity contribution in [3.05, 3.63) is 35.9 Å². The monoisotopic (exact) mass is 333 g/mol. The number of urea groups is 1. The highest BCUT2D eigenvalue weighted by atomic mass is 16.6. The zero-order valence-corrected chi connectivity index (χ0v) is 14.7. The third kappa shape index (κ3) is 5.76. The molecule has 0 bridgehead atoms. The van der Waals surface area contributed by atoms with Crippen molar-refractivity contribution >= 4 is 12.1 Å². The van der Waals surface area contributed by atoms with Crippen molar-refractivity contribution < 1.29 is 14.3 Å². The molecule has 2 rings (SSSR count). The highest BCUT2D eigenvalue weighted by Crippen LogP contribution is 2.11. The van der Waals surface area contributed by atoms with E-state index in [2.05, 4.69) is 26.1 Å². The standard InChI is InChI=1S/C18H27N3O3/c1-18(2,3)14-19-16(22)20-9-11-21(12-10-20)17(23)24-13-15-7-5-4-6-8-15/h4-8H,9-14H2,1-3H3,(H,19,22). The SMILES string of the molecule is CC(C)(C)CNC(=O)N1CCN(C(=O)OCc2ccccc2)CC1. The van der Waals surface area contributed by atoms with Crippen molar-refractivity contribution in [1.29, 1.82) is 0 Å². The van der Waals surface area contributed by atoms with Crippen LogP contribution in [0, 0.1) is 5.41 Å². The average Bonchev–Trinajstić information content (AvgIpc) is 2.58. The zero-order chi connectivity index (χ0) is 17.6. The first-order valence-corrected chi connectivity index (χ1v) is 8.33. The molecular weight excluding hydrogens is 306 g/mol. The molecule has 24 heavy (non-hydrogen) atoms. The number of carbonyl (C=O) groups is 2. The summed E-state index contributed by atoms with van der Waals surface area (Å²) in [6, 6.07) is 9.53. The Morgan fingerprint density at radius 3 is 2.21 bits per heavy atom. The quantitative estimate of drug-likeness (QED) is 0.925. The smallest absolute Gasteiger partial charge is 0.410 e. The Labute approximate surface area is 143 Å². The molecule has 0 aliphatic carbocycles. The van der Waals surface area contributed by atoms with Crippen molar-refractivity contribution in [3.8, 4) is 0 Å². The van der Waals surface area contributed by atoms with Gasteiger partial charge in [-0.1, -0.05) is 51.1 Å². The van der Waals surface area contributed by atoms with E-state index in [-0.39, 0.29) is 24.1 Å². The molecule has 0 saturated carbocycles. The molecule has 1 saturated heterocycles. The van der Waals surface area contributed by atoms with Crippen LogP contribution in [0.25, 0.3) is 0 Å². The van der Waals surface area contributed by atoms with Crippen LogP contribution in [0.3, 0.4) is 0 Å². The molecule has 132 valence electrons. The van der Waals surface area contributed by atoms with Gasteiger partial charge in [0.15, 0.2) is 0 Å². The topological polar surface area (TPSA) is 61.9 Å². The van der Waals surface area contributed by atoms with E-state index in [1.54, 1.807) is 9.80 Å². The first-order valence-electron chi connectivity index (χ1n) is 8.33. The van der Waals surface area contributed by atoms with Gasteiger partial charge in [0.2, 0.25) is 0 Å². The second-order valence-electron chi connectivity index (χ2n) is 7.23. The number of rotatable bonds is 3. The van der Waals surface area contributed by atoms with Crippen LogP contribution in [-0.2, 0) is 11.3 Å². The Kier molecular flexibility index (Phi) is 6.06. The lowest BCUT2D eigenvalue weighted by Gasteiger charge is -2.34. The minimum absolute atomic E-state index is 0.0543. The van der Waals surface area contributed by atoms with Gasteiger partial charge in [-0.3, -0.25) is 0 Å². The van der Waals surface area contributed by atoms with Crippen LogP contribution >= 0.6 is 0 Å². The Hall–Kier alpha value is -2.24. The molecule has 0 unspecified atom stereocenters. The van der Waals surface area contributed by atoms with E-state index in [4.69, 9.17) is 4.74 Å². The molecule has 6 heteroatoms. The van der Waals surface area contributed by atoms with Gasteiger partial charge in [-0.15, -0.1) is 0 Å². The normalized spacial score (nSPS) is 15.1. The van der Waals surface area contributed by atoms with Crippen LogP contribution in [0.5, 0.6) is 0 Å². The number of hydrogen-bond donors (Lipinski definition) is 1. The summed E-state index contributed by atoms with van der Waals surface area (Å²) >= 11 is 0. The molecule has 0 aromatic heterocycles. The molecule has 1 aliphatic rings. The van der Waals surface area contributed by atoms with Crippen molar-refractivity contribution in [2.75, 3.05) is 32.7 Å². The number of nitrogens with one attached hydrogen (secondary N) is 1. The number of hydrogen-bond acceptors (Lipinski definition) is 3. The Morgan fingerprint density at radius 2 is 1.62 bits per heavy atom. The first kappa shape index (κ1) is 18.1. The van der Waals surface area contributed by atoms with Crippen molar-refractivity contribution in [3.63, 3.8) is 0 Å². The van der Waals surface area contributed by atoms with E-state index in [0.29, 0.717) is 32.7 Å². The van der Waals surface area contributed by atoms with Crippen LogP contribution < -0.4 is 5.32 Å². The van der Waals surface area contributed by atoms with Crippen LogP contribution in [0.4, 0.5) is 9.59 Å². The highest BCUT2D eigenvalue weighted by molar-refractivity contribution is 5.75. The van der Waals surface area contributed by atoms with Gasteiger partial charge in [0, 0.05) is 32.7 Å². The van der Waals surface area contributed by atoms with Crippen LogP contribution in [0.15, 0.2) is 30.3 Å². The molecular formula is C18H27N3O3. The van der Waals surface area contributed by atoms with Gasteiger partial charge in [-0.2, -0.15) is 0 Å². The molecule has 6 nitrogen and oxygen atoms in total. The lowest BCUT2D eigenvalue weighted by Crippen LogP contribution is -2.53. The Balaban J connectivity index is 1.71. The number of nitrogens with zero attached hydrogens (tertiary/aromatic N) is 2. The summed E-state index contributed by atoms with van der Waals surface area (Å²) in [4.78, 5) is 27.6. The van der Waals surface area contributed by atoms with Gasteiger partial charge in [-0.25, -0.2) is 9.59 Å². The maximum Gasteiger partial charge on any atom is 0.410 e. The van der Waals surface area contributed by atoms with E-state index in [1.165, 1.54) is 0 Å².